The molecule has 4 aromatic rings. The van der Waals surface area contributed by atoms with Gasteiger partial charge in [-0.25, -0.2) is 4.98 Å². The van der Waals surface area contributed by atoms with Gasteiger partial charge in [-0.15, -0.1) is 0 Å². The normalized spacial score (nSPS) is 11.0. The highest BCUT2D eigenvalue weighted by Crippen LogP contribution is 2.27. The summed E-state index contributed by atoms with van der Waals surface area (Å²) in [6, 6.07) is 19.8. The predicted molar refractivity (Wildman–Crippen MR) is 110 cm³/mol. The van der Waals surface area contributed by atoms with Gasteiger partial charge < -0.3 is 15.8 Å². The van der Waals surface area contributed by atoms with E-state index in [4.69, 9.17) is 5.73 Å². The lowest BCUT2D eigenvalue weighted by Gasteiger charge is -2.12. The Morgan fingerprint density at radius 1 is 1.00 bits per heavy atom. The van der Waals surface area contributed by atoms with Crippen LogP contribution in [0.15, 0.2) is 72.9 Å². The van der Waals surface area contributed by atoms with Gasteiger partial charge in [-0.05, 0) is 48.0 Å². The fraction of sp³-hybridized carbons (Fsp3) is 0.0909. The maximum atomic E-state index is 12.5. The number of nitrogens with two attached hydrogens (primary N) is 1. The summed E-state index contributed by atoms with van der Waals surface area (Å²) < 4.78 is 29.4. The molecule has 2 aromatic carbocycles. The molecule has 0 aliphatic rings. The second-order valence-electron chi connectivity index (χ2n) is 6.42. The number of hydrogen-bond donors (Lipinski definition) is 2. The van der Waals surface area contributed by atoms with Crippen molar-refractivity contribution in [2.24, 2.45) is 0 Å². The SMILES string of the molecule is Nc1ccc(-c2cccc(OC(F)F)c2)nc1NCc1ccc2ncccc2c1. The Kier molecular flexibility index (Phi) is 5.20. The first-order valence-corrected chi connectivity index (χ1v) is 8.98. The van der Waals surface area contributed by atoms with Gasteiger partial charge in [0, 0.05) is 23.7 Å². The number of pyridine rings is 2. The Bertz CT molecular complexity index is 1150. The van der Waals surface area contributed by atoms with E-state index in [1.54, 1.807) is 30.5 Å². The number of fused-ring (bicyclic) bond motifs is 1. The Balaban J connectivity index is 1.55. The molecule has 0 atom stereocenters. The number of nitrogens with one attached hydrogen (secondary N) is 1. The first kappa shape index (κ1) is 18.6. The van der Waals surface area contributed by atoms with Gasteiger partial charge in [0.1, 0.15) is 11.6 Å². The zero-order valence-corrected chi connectivity index (χ0v) is 15.3. The minimum absolute atomic E-state index is 0.0791. The molecule has 2 aromatic heterocycles. The average molecular weight is 392 g/mol. The lowest BCUT2D eigenvalue weighted by molar-refractivity contribution is -0.0498. The fourth-order valence-corrected chi connectivity index (χ4v) is 3.02. The van der Waals surface area contributed by atoms with Crippen molar-refractivity contribution in [3.63, 3.8) is 0 Å². The van der Waals surface area contributed by atoms with Crippen LogP contribution in [-0.2, 0) is 6.54 Å². The molecule has 0 bridgehead atoms. The van der Waals surface area contributed by atoms with E-state index >= 15 is 0 Å². The molecule has 2 heterocycles. The number of benzene rings is 2. The van der Waals surface area contributed by atoms with E-state index in [-0.39, 0.29) is 5.75 Å². The standard InChI is InChI=1S/C22H18F2N4O/c23-22(24)29-17-5-1-3-16(12-17)20-9-7-18(25)21(28-20)27-13-14-6-8-19-15(11-14)4-2-10-26-19/h1-12,22H,13,25H2,(H,27,28). The van der Waals surface area contributed by atoms with Crippen LogP contribution in [-0.4, -0.2) is 16.6 Å². The molecule has 146 valence electrons. The van der Waals surface area contributed by atoms with E-state index in [1.165, 1.54) is 12.1 Å². The van der Waals surface area contributed by atoms with Crippen LogP contribution < -0.4 is 15.8 Å². The first-order chi connectivity index (χ1) is 14.1. The van der Waals surface area contributed by atoms with Gasteiger partial charge in [-0.1, -0.05) is 24.3 Å². The predicted octanol–water partition coefficient (Wildman–Crippen LogP) is 5.09. The maximum absolute atomic E-state index is 12.5. The van der Waals surface area contributed by atoms with Crippen LogP contribution in [0.3, 0.4) is 0 Å². The maximum Gasteiger partial charge on any atom is 0.387 e. The fourth-order valence-electron chi connectivity index (χ4n) is 3.02. The van der Waals surface area contributed by atoms with Gasteiger partial charge in [0.2, 0.25) is 0 Å². The van der Waals surface area contributed by atoms with Crippen molar-refractivity contribution < 1.29 is 13.5 Å². The number of alkyl halides is 2. The van der Waals surface area contributed by atoms with E-state index in [0.29, 0.717) is 29.3 Å². The first-order valence-electron chi connectivity index (χ1n) is 8.98. The molecular weight excluding hydrogens is 374 g/mol. The second-order valence-corrected chi connectivity index (χ2v) is 6.42. The van der Waals surface area contributed by atoms with Crippen LogP contribution in [0.4, 0.5) is 20.3 Å². The summed E-state index contributed by atoms with van der Waals surface area (Å²) in [5.74, 6) is 0.601. The Morgan fingerprint density at radius 3 is 2.76 bits per heavy atom. The number of aromatic nitrogens is 2. The third-order valence-electron chi connectivity index (χ3n) is 4.41. The zero-order valence-electron chi connectivity index (χ0n) is 15.3. The zero-order chi connectivity index (χ0) is 20.2. The van der Waals surface area contributed by atoms with Crippen molar-refractivity contribution in [3.8, 4) is 17.0 Å². The van der Waals surface area contributed by atoms with Crippen molar-refractivity contribution in [1.82, 2.24) is 9.97 Å². The number of halogens is 2. The van der Waals surface area contributed by atoms with Crippen molar-refractivity contribution in [3.05, 3.63) is 78.5 Å². The number of nitrogens with zero attached hydrogens (tertiary/aromatic N) is 2. The number of hydrogen-bond acceptors (Lipinski definition) is 5. The molecular formula is C22H18F2N4O. The van der Waals surface area contributed by atoms with Gasteiger partial charge in [0.15, 0.2) is 0 Å². The average Bonchev–Trinajstić information content (AvgIpc) is 2.73. The number of rotatable bonds is 6. The van der Waals surface area contributed by atoms with Crippen molar-refractivity contribution >= 4 is 22.4 Å². The number of nitrogen functional groups attached to an aromatic ring is 1. The highest BCUT2D eigenvalue weighted by Gasteiger charge is 2.09. The van der Waals surface area contributed by atoms with Crippen molar-refractivity contribution in [2.75, 3.05) is 11.1 Å². The topological polar surface area (TPSA) is 73.1 Å². The van der Waals surface area contributed by atoms with Crippen LogP contribution in [0.25, 0.3) is 22.2 Å². The Morgan fingerprint density at radius 2 is 1.90 bits per heavy atom. The molecule has 0 spiro atoms. The van der Waals surface area contributed by atoms with E-state index < -0.39 is 6.61 Å². The summed E-state index contributed by atoms with van der Waals surface area (Å²) >= 11 is 0. The Hall–Kier alpha value is -3.74. The van der Waals surface area contributed by atoms with Crippen LogP contribution in [0.2, 0.25) is 0 Å². The van der Waals surface area contributed by atoms with Gasteiger partial charge in [0.25, 0.3) is 0 Å². The van der Waals surface area contributed by atoms with E-state index in [2.05, 4.69) is 26.1 Å². The molecule has 0 radical (unpaired) electrons. The number of anilines is 2. The van der Waals surface area contributed by atoms with Crippen LogP contribution in [0.5, 0.6) is 5.75 Å². The molecule has 4 rings (SSSR count). The summed E-state index contributed by atoms with van der Waals surface area (Å²) in [5.41, 5.74) is 9.80. The summed E-state index contributed by atoms with van der Waals surface area (Å²) in [4.78, 5) is 8.86. The highest BCUT2D eigenvalue weighted by molar-refractivity contribution is 5.79. The molecule has 0 fully saturated rings. The number of ether oxygens (including phenoxy) is 1. The highest BCUT2D eigenvalue weighted by atomic mass is 19.3. The molecule has 3 N–H and O–H groups in total. The molecule has 5 nitrogen and oxygen atoms in total. The smallest absolute Gasteiger partial charge is 0.387 e. The van der Waals surface area contributed by atoms with E-state index in [0.717, 1.165) is 16.5 Å². The second kappa shape index (κ2) is 8.10. The quantitative estimate of drug-likeness (QED) is 0.478. The summed E-state index contributed by atoms with van der Waals surface area (Å²) in [6.07, 6.45) is 1.76. The lowest BCUT2D eigenvalue weighted by atomic mass is 10.1. The molecule has 0 saturated carbocycles. The van der Waals surface area contributed by atoms with E-state index in [1.807, 2.05) is 24.3 Å². The van der Waals surface area contributed by atoms with E-state index in [9.17, 15) is 8.78 Å². The molecule has 0 aliphatic heterocycles. The van der Waals surface area contributed by atoms with Crippen molar-refractivity contribution in [2.45, 2.75) is 13.2 Å². The summed E-state index contributed by atoms with van der Waals surface area (Å²) in [6.45, 7) is -2.35. The third kappa shape index (κ3) is 4.40. The summed E-state index contributed by atoms with van der Waals surface area (Å²) in [5, 5.41) is 4.30. The van der Waals surface area contributed by atoms with Gasteiger partial charge in [-0.2, -0.15) is 8.78 Å². The minimum atomic E-state index is -2.88. The third-order valence-corrected chi connectivity index (χ3v) is 4.41. The lowest BCUT2D eigenvalue weighted by Crippen LogP contribution is -2.05. The molecule has 29 heavy (non-hydrogen) atoms. The monoisotopic (exact) mass is 392 g/mol. The van der Waals surface area contributed by atoms with Gasteiger partial charge in [0.05, 0.1) is 16.9 Å². The van der Waals surface area contributed by atoms with Gasteiger partial charge in [-0.3, -0.25) is 4.98 Å². The van der Waals surface area contributed by atoms with Crippen molar-refractivity contribution in [1.29, 1.82) is 0 Å². The molecule has 0 unspecified atom stereocenters. The molecule has 7 heteroatoms. The molecule has 0 amide bonds. The van der Waals surface area contributed by atoms with Crippen LogP contribution in [0, 0.1) is 0 Å². The molecule has 0 aliphatic carbocycles. The van der Waals surface area contributed by atoms with Crippen LogP contribution in [0.1, 0.15) is 5.56 Å². The van der Waals surface area contributed by atoms with Gasteiger partial charge >= 0.3 is 6.61 Å². The summed E-state index contributed by atoms with van der Waals surface area (Å²) in [7, 11) is 0. The molecule has 0 saturated heterocycles. The minimum Gasteiger partial charge on any atom is -0.435 e. The Labute approximate surface area is 166 Å². The largest absolute Gasteiger partial charge is 0.435 e. The van der Waals surface area contributed by atoms with Crippen LogP contribution >= 0.6 is 0 Å².